The summed E-state index contributed by atoms with van der Waals surface area (Å²) in [6, 6.07) is 8.09. The Balaban J connectivity index is 1.39. The highest BCUT2D eigenvalue weighted by atomic mass is 16.5. The number of ether oxygens (including phenoxy) is 1. The van der Waals surface area contributed by atoms with Gasteiger partial charge in [-0.05, 0) is 30.9 Å². The van der Waals surface area contributed by atoms with Crippen molar-refractivity contribution in [2.24, 2.45) is 5.92 Å². The third kappa shape index (κ3) is 4.48. The van der Waals surface area contributed by atoms with Crippen molar-refractivity contribution in [2.45, 2.75) is 26.3 Å². The van der Waals surface area contributed by atoms with Crippen LogP contribution in [0, 0.1) is 12.8 Å². The van der Waals surface area contributed by atoms with Crippen molar-refractivity contribution < 1.29 is 14.3 Å². The van der Waals surface area contributed by atoms with Crippen molar-refractivity contribution in [2.75, 3.05) is 39.4 Å². The molecule has 2 amide bonds. The first-order valence-corrected chi connectivity index (χ1v) is 10.2. The predicted octanol–water partition coefficient (Wildman–Crippen LogP) is 1.35. The summed E-state index contributed by atoms with van der Waals surface area (Å²) < 4.78 is 7.02. The van der Waals surface area contributed by atoms with Gasteiger partial charge in [-0.3, -0.25) is 9.59 Å². The van der Waals surface area contributed by atoms with Gasteiger partial charge in [-0.15, -0.1) is 5.10 Å². The number of amides is 2. The third-order valence-electron chi connectivity index (χ3n) is 5.73. The first kappa shape index (κ1) is 19.6. The number of hydrogen-bond acceptors (Lipinski definition) is 5. The van der Waals surface area contributed by atoms with Gasteiger partial charge in [0.1, 0.15) is 0 Å². The van der Waals surface area contributed by atoms with E-state index in [1.165, 1.54) is 5.56 Å². The lowest BCUT2D eigenvalue weighted by Gasteiger charge is -2.35. The zero-order valence-corrected chi connectivity index (χ0v) is 16.8. The Bertz CT molecular complexity index is 875. The van der Waals surface area contributed by atoms with Crippen LogP contribution in [-0.4, -0.2) is 76.0 Å². The molecular weight excluding hydrogens is 370 g/mol. The van der Waals surface area contributed by atoms with Crippen molar-refractivity contribution in [3.63, 3.8) is 0 Å². The van der Waals surface area contributed by atoms with E-state index in [-0.39, 0.29) is 17.7 Å². The minimum absolute atomic E-state index is 0.133. The Hall–Kier alpha value is -2.74. The summed E-state index contributed by atoms with van der Waals surface area (Å²) in [5.41, 5.74) is 2.65. The van der Waals surface area contributed by atoms with Crippen LogP contribution in [0.2, 0.25) is 0 Å². The molecule has 0 aliphatic carbocycles. The number of hydrogen-bond donors (Lipinski definition) is 0. The molecule has 1 aromatic carbocycles. The highest BCUT2D eigenvalue weighted by Crippen LogP contribution is 2.21. The number of carbonyl (C=O) groups excluding carboxylic acids is 2. The zero-order valence-electron chi connectivity index (χ0n) is 16.8. The summed E-state index contributed by atoms with van der Waals surface area (Å²) in [5.74, 6) is -0.165. The van der Waals surface area contributed by atoms with E-state index in [1.807, 2.05) is 23.1 Å². The van der Waals surface area contributed by atoms with Crippen molar-refractivity contribution >= 4 is 11.8 Å². The van der Waals surface area contributed by atoms with E-state index in [2.05, 4.69) is 23.3 Å². The summed E-state index contributed by atoms with van der Waals surface area (Å²) in [6.07, 6.45) is 3.34. The van der Waals surface area contributed by atoms with Crippen LogP contribution in [0.4, 0.5) is 0 Å². The van der Waals surface area contributed by atoms with Crippen LogP contribution in [0.3, 0.4) is 0 Å². The molecule has 3 heterocycles. The molecule has 1 aromatic heterocycles. The van der Waals surface area contributed by atoms with Gasteiger partial charge in [0.25, 0.3) is 5.91 Å². The number of nitrogens with zero attached hydrogens (tertiary/aromatic N) is 5. The lowest BCUT2D eigenvalue weighted by molar-refractivity contribution is -0.141. The van der Waals surface area contributed by atoms with Crippen LogP contribution in [0.25, 0.3) is 0 Å². The zero-order chi connectivity index (χ0) is 20.2. The molecule has 0 radical (unpaired) electrons. The van der Waals surface area contributed by atoms with Crippen LogP contribution in [-0.2, 0) is 16.1 Å². The van der Waals surface area contributed by atoms with Gasteiger partial charge in [-0.2, -0.15) is 0 Å². The van der Waals surface area contributed by atoms with Crippen molar-refractivity contribution in [3.8, 4) is 0 Å². The maximum absolute atomic E-state index is 12.9. The van der Waals surface area contributed by atoms with Gasteiger partial charge < -0.3 is 14.5 Å². The molecule has 154 valence electrons. The number of piperidine rings is 1. The van der Waals surface area contributed by atoms with E-state index in [1.54, 1.807) is 15.8 Å². The van der Waals surface area contributed by atoms with E-state index in [4.69, 9.17) is 4.74 Å². The van der Waals surface area contributed by atoms with E-state index >= 15 is 0 Å². The maximum Gasteiger partial charge on any atom is 0.276 e. The largest absolute Gasteiger partial charge is 0.378 e. The van der Waals surface area contributed by atoms with Gasteiger partial charge in [0.05, 0.1) is 31.9 Å². The molecule has 0 N–H and O–H groups in total. The Morgan fingerprint density at radius 3 is 2.72 bits per heavy atom. The van der Waals surface area contributed by atoms with Gasteiger partial charge in [-0.1, -0.05) is 29.5 Å². The molecule has 8 nitrogen and oxygen atoms in total. The van der Waals surface area contributed by atoms with Crippen molar-refractivity contribution in [3.05, 3.63) is 47.3 Å². The topological polar surface area (TPSA) is 80.6 Å². The first-order valence-electron chi connectivity index (χ1n) is 10.2. The molecular formula is C21H27N5O3. The highest BCUT2D eigenvalue weighted by Gasteiger charge is 2.32. The van der Waals surface area contributed by atoms with E-state index < -0.39 is 0 Å². The molecule has 0 unspecified atom stereocenters. The standard InChI is InChI=1S/C21H27N5O3/c1-16-5-2-3-6-17(16)14-26-15-19(22-23-26)21(28)25-8-4-7-18(13-25)20(27)24-9-11-29-12-10-24/h2-3,5-6,15,18H,4,7-14H2,1H3/t18-/m1/s1. The summed E-state index contributed by atoms with van der Waals surface area (Å²) in [4.78, 5) is 29.3. The number of benzene rings is 1. The molecule has 8 heteroatoms. The lowest BCUT2D eigenvalue weighted by atomic mass is 9.96. The average Bonchev–Trinajstić information content (AvgIpc) is 3.23. The minimum atomic E-state index is -0.152. The quantitative estimate of drug-likeness (QED) is 0.778. The molecule has 2 fully saturated rings. The predicted molar refractivity (Wildman–Crippen MR) is 106 cm³/mol. The number of carbonyl (C=O) groups is 2. The maximum atomic E-state index is 12.9. The fourth-order valence-corrected chi connectivity index (χ4v) is 4.00. The fourth-order valence-electron chi connectivity index (χ4n) is 4.00. The molecule has 0 saturated carbocycles. The van der Waals surface area contributed by atoms with Crippen LogP contribution < -0.4 is 0 Å². The molecule has 0 spiro atoms. The van der Waals surface area contributed by atoms with E-state index in [0.717, 1.165) is 18.4 Å². The van der Waals surface area contributed by atoms with Gasteiger partial charge in [0.15, 0.2) is 5.69 Å². The second-order valence-corrected chi connectivity index (χ2v) is 7.76. The summed E-state index contributed by atoms with van der Waals surface area (Å²) >= 11 is 0. The number of aryl methyl sites for hydroxylation is 1. The second kappa shape index (κ2) is 8.73. The third-order valence-corrected chi connectivity index (χ3v) is 5.73. The van der Waals surface area contributed by atoms with Gasteiger partial charge in [0.2, 0.25) is 5.91 Å². The number of aromatic nitrogens is 3. The second-order valence-electron chi connectivity index (χ2n) is 7.76. The summed E-state index contributed by atoms with van der Waals surface area (Å²) in [5, 5.41) is 8.21. The summed E-state index contributed by atoms with van der Waals surface area (Å²) in [6.45, 7) is 6.17. The van der Waals surface area contributed by atoms with E-state index in [9.17, 15) is 9.59 Å². The van der Waals surface area contributed by atoms with Gasteiger partial charge in [-0.25, -0.2) is 4.68 Å². The molecule has 4 rings (SSSR count). The van der Waals surface area contributed by atoms with Crippen LogP contribution in [0.5, 0.6) is 0 Å². The summed E-state index contributed by atoms with van der Waals surface area (Å²) in [7, 11) is 0. The molecule has 2 aromatic rings. The minimum Gasteiger partial charge on any atom is -0.378 e. The first-order chi connectivity index (χ1) is 14.1. The van der Waals surface area contributed by atoms with Crippen LogP contribution in [0.1, 0.15) is 34.5 Å². The molecule has 2 aliphatic heterocycles. The van der Waals surface area contributed by atoms with Crippen LogP contribution in [0.15, 0.2) is 30.5 Å². The fraction of sp³-hybridized carbons (Fsp3) is 0.524. The number of likely N-dealkylation sites (tertiary alicyclic amines) is 1. The average molecular weight is 397 g/mol. The van der Waals surface area contributed by atoms with Gasteiger partial charge >= 0.3 is 0 Å². The monoisotopic (exact) mass is 397 g/mol. The lowest BCUT2D eigenvalue weighted by Crippen LogP contribution is -2.49. The number of morpholine rings is 1. The Morgan fingerprint density at radius 1 is 1.14 bits per heavy atom. The molecule has 2 saturated heterocycles. The Labute approximate surface area is 170 Å². The van der Waals surface area contributed by atoms with Gasteiger partial charge in [0, 0.05) is 26.2 Å². The Kier molecular flexibility index (Phi) is 5.89. The molecule has 29 heavy (non-hydrogen) atoms. The Morgan fingerprint density at radius 2 is 1.93 bits per heavy atom. The highest BCUT2D eigenvalue weighted by molar-refractivity contribution is 5.92. The van der Waals surface area contributed by atoms with Crippen molar-refractivity contribution in [1.82, 2.24) is 24.8 Å². The molecule has 0 bridgehead atoms. The molecule has 1 atom stereocenters. The molecule has 2 aliphatic rings. The van der Waals surface area contributed by atoms with Crippen molar-refractivity contribution in [1.29, 1.82) is 0 Å². The normalized spacial score (nSPS) is 20.0. The van der Waals surface area contributed by atoms with Crippen LogP contribution >= 0.6 is 0 Å². The SMILES string of the molecule is Cc1ccccc1Cn1cc(C(=O)N2CCC[C@@H](C(=O)N3CCOCC3)C2)nn1. The smallest absolute Gasteiger partial charge is 0.276 e. The van der Waals surface area contributed by atoms with E-state index in [0.29, 0.717) is 51.6 Å². The number of rotatable bonds is 4.